The standard InChI is InChI=1S/C9H13NO3/c1-2-5-10-8(9(11)12)7-4-3-6-13-7/h1,7-8,10H,3-6H2,(H,11,12). The van der Waals surface area contributed by atoms with E-state index >= 15 is 0 Å². The van der Waals surface area contributed by atoms with E-state index in [0.29, 0.717) is 6.61 Å². The number of ether oxygens (including phenoxy) is 1. The van der Waals surface area contributed by atoms with Crippen molar-refractivity contribution in [3.8, 4) is 12.3 Å². The van der Waals surface area contributed by atoms with Gasteiger partial charge in [0, 0.05) is 6.61 Å². The summed E-state index contributed by atoms with van der Waals surface area (Å²) in [6.45, 7) is 0.906. The quantitative estimate of drug-likeness (QED) is 0.595. The second-order valence-electron chi connectivity index (χ2n) is 2.95. The highest BCUT2D eigenvalue weighted by Crippen LogP contribution is 2.15. The third-order valence-electron chi connectivity index (χ3n) is 2.03. The van der Waals surface area contributed by atoms with E-state index in [1.54, 1.807) is 0 Å². The summed E-state index contributed by atoms with van der Waals surface area (Å²) >= 11 is 0. The van der Waals surface area contributed by atoms with Gasteiger partial charge < -0.3 is 9.84 Å². The Labute approximate surface area is 77.3 Å². The first-order valence-electron chi connectivity index (χ1n) is 4.27. The molecule has 1 aliphatic heterocycles. The van der Waals surface area contributed by atoms with E-state index in [1.807, 2.05) is 0 Å². The minimum absolute atomic E-state index is 0.231. The lowest BCUT2D eigenvalue weighted by molar-refractivity contribution is -0.142. The van der Waals surface area contributed by atoms with Crippen LogP contribution in [0.2, 0.25) is 0 Å². The van der Waals surface area contributed by atoms with Gasteiger partial charge in [0.1, 0.15) is 6.04 Å². The summed E-state index contributed by atoms with van der Waals surface area (Å²) in [5, 5.41) is 11.6. The molecule has 0 amide bonds. The van der Waals surface area contributed by atoms with Crippen LogP contribution >= 0.6 is 0 Å². The van der Waals surface area contributed by atoms with Gasteiger partial charge >= 0.3 is 5.97 Å². The van der Waals surface area contributed by atoms with Crippen LogP contribution in [-0.2, 0) is 9.53 Å². The Hall–Kier alpha value is -1.05. The van der Waals surface area contributed by atoms with E-state index in [1.165, 1.54) is 0 Å². The van der Waals surface area contributed by atoms with E-state index in [4.69, 9.17) is 16.3 Å². The first kappa shape index (κ1) is 10.0. The number of carboxylic acid groups (broad SMARTS) is 1. The molecular weight excluding hydrogens is 170 g/mol. The number of terminal acetylenes is 1. The predicted octanol–water partition coefficient (Wildman–Crippen LogP) is -0.159. The number of carboxylic acids is 1. The number of carbonyl (C=O) groups is 1. The minimum atomic E-state index is -0.901. The lowest BCUT2D eigenvalue weighted by Gasteiger charge is -2.18. The molecule has 0 aromatic rings. The van der Waals surface area contributed by atoms with Gasteiger partial charge in [0.25, 0.3) is 0 Å². The maximum atomic E-state index is 10.8. The maximum absolute atomic E-state index is 10.8. The topological polar surface area (TPSA) is 58.6 Å². The van der Waals surface area contributed by atoms with Crippen molar-refractivity contribution in [2.45, 2.75) is 25.0 Å². The molecule has 4 heteroatoms. The molecule has 4 nitrogen and oxygen atoms in total. The first-order valence-corrected chi connectivity index (χ1v) is 4.27. The van der Waals surface area contributed by atoms with Gasteiger partial charge in [0.2, 0.25) is 0 Å². The molecule has 0 aromatic carbocycles. The highest BCUT2D eigenvalue weighted by atomic mass is 16.5. The van der Waals surface area contributed by atoms with E-state index in [0.717, 1.165) is 12.8 Å². The molecule has 2 atom stereocenters. The highest BCUT2D eigenvalue weighted by Gasteiger charge is 2.30. The number of hydrogen-bond acceptors (Lipinski definition) is 3. The van der Waals surface area contributed by atoms with Crippen LogP contribution in [0.25, 0.3) is 0 Å². The molecule has 2 unspecified atom stereocenters. The van der Waals surface area contributed by atoms with Crippen molar-refractivity contribution in [2.75, 3.05) is 13.2 Å². The Morgan fingerprint density at radius 1 is 1.85 bits per heavy atom. The van der Waals surface area contributed by atoms with Crippen LogP contribution in [0, 0.1) is 12.3 Å². The van der Waals surface area contributed by atoms with Gasteiger partial charge in [-0.15, -0.1) is 6.42 Å². The third kappa shape index (κ3) is 2.72. The average molecular weight is 183 g/mol. The van der Waals surface area contributed by atoms with Gasteiger partial charge in [-0.1, -0.05) is 5.92 Å². The zero-order valence-electron chi connectivity index (χ0n) is 7.32. The fraction of sp³-hybridized carbons (Fsp3) is 0.667. The van der Waals surface area contributed by atoms with Crippen molar-refractivity contribution in [3.05, 3.63) is 0 Å². The van der Waals surface area contributed by atoms with Gasteiger partial charge in [-0.3, -0.25) is 10.1 Å². The Kier molecular flexibility index (Phi) is 3.74. The second kappa shape index (κ2) is 4.85. The summed E-state index contributed by atoms with van der Waals surface area (Å²) in [6.07, 6.45) is 6.51. The van der Waals surface area contributed by atoms with Gasteiger partial charge in [0.15, 0.2) is 0 Å². The molecule has 1 fully saturated rings. The fourth-order valence-electron chi connectivity index (χ4n) is 1.41. The summed E-state index contributed by atoms with van der Waals surface area (Å²) in [5.41, 5.74) is 0. The van der Waals surface area contributed by atoms with E-state index in [2.05, 4.69) is 11.2 Å². The van der Waals surface area contributed by atoms with Crippen molar-refractivity contribution >= 4 is 5.97 Å². The molecular formula is C9H13NO3. The molecule has 1 heterocycles. The molecule has 0 spiro atoms. The monoisotopic (exact) mass is 183 g/mol. The van der Waals surface area contributed by atoms with Crippen molar-refractivity contribution < 1.29 is 14.6 Å². The first-order chi connectivity index (χ1) is 6.25. The largest absolute Gasteiger partial charge is 0.480 e. The molecule has 0 aromatic heterocycles. The second-order valence-corrected chi connectivity index (χ2v) is 2.95. The van der Waals surface area contributed by atoms with Crippen LogP contribution < -0.4 is 5.32 Å². The van der Waals surface area contributed by atoms with Crippen LogP contribution in [0.3, 0.4) is 0 Å². The maximum Gasteiger partial charge on any atom is 0.323 e. The normalized spacial score (nSPS) is 23.8. The zero-order chi connectivity index (χ0) is 9.68. The summed E-state index contributed by atoms with van der Waals surface area (Å²) in [4.78, 5) is 10.8. The Morgan fingerprint density at radius 2 is 2.62 bits per heavy atom. The van der Waals surface area contributed by atoms with Gasteiger partial charge in [-0.05, 0) is 12.8 Å². The molecule has 2 N–H and O–H groups in total. The number of nitrogens with one attached hydrogen (secondary N) is 1. The Morgan fingerprint density at radius 3 is 3.08 bits per heavy atom. The van der Waals surface area contributed by atoms with Crippen molar-refractivity contribution in [2.24, 2.45) is 0 Å². The van der Waals surface area contributed by atoms with Crippen LogP contribution in [0.15, 0.2) is 0 Å². The lowest BCUT2D eigenvalue weighted by Crippen LogP contribution is -2.45. The predicted molar refractivity (Wildman–Crippen MR) is 47.2 cm³/mol. The smallest absolute Gasteiger partial charge is 0.323 e. The van der Waals surface area contributed by atoms with Gasteiger partial charge in [-0.2, -0.15) is 0 Å². The van der Waals surface area contributed by atoms with E-state index in [-0.39, 0.29) is 12.6 Å². The SMILES string of the molecule is C#CCNC(C(=O)O)C1CCCO1. The number of hydrogen-bond donors (Lipinski definition) is 2. The van der Waals surface area contributed by atoms with Crippen LogP contribution in [0.1, 0.15) is 12.8 Å². The molecule has 0 radical (unpaired) electrons. The molecule has 1 rings (SSSR count). The molecule has 0 bridgehead atoms. The number of rotatable bonds is 4. The van der Waals surface area contributed by atoms with Crippen LogP contribution in [0.5, 0.6) is 0 Å². The summed E-state index contributed by atoms with van der Waals surface area (Å²) < 4.78 is 5.26. The highest BCUT2D eigenvalue weighted by molar-refractivity contribution is 5.74. The van der Waals surface area contributed by atoms with Gasteiger partial charge in [0.05, 0.1) is 12.6 Å². The average Bonchev–Trinajstić information content (AvgIpc) is 2.57. The lowest BCUT2D eigenvalue weighted by atomic mass is 10.1. The molecule has 1 saturated heterocycles. The molecule has 1 aliphatic rings. The van der Waals surface area contributed by atoms with Crippen LogP contribution in [-0.4, -0.2) is 36.4 Å². The van der Waals surface area contributed by atoms with E-state index < -0.39 is 12.0 Å². The Bertz CT molecular complexity index is 215. The van der Waals surface area contributed by atoms with Crippen LogP contribution in [0.4, 0.5) is 0 Å². The zero-order valence-corrected chi connectivity index (χ0v) is 7.32. The fourth-order valence-corrected chi connectivity index (χ4v) is 1.41. The molecule has 72 valence electrons. The van der Waals surface area contributed by atoms with Gasteiger partial charge in [-0.25, -0.2) is 0 Å². The Balaban J connectivity index is 2.46. The minimum Gasteiger partial charge on any atom is -0.480 e. The van der Waals surface area contributed by atoms with Crippen molar-refractivity contribution in [1.82, 2.24) is 5.32 Å². The van der Waals surface area contributed by atoms with E-state index in [9.17, 15) is 4.79 Å². The van der Waals surface area contributed by atoms with Crippen molar-refractivity contribution in [1.29, 1.82) is 0 Å². The molecule has 0 saturated carbocycles. The molecule has 13 heavy (non-hydrogen) atoms. The number of aliphatic carboxylic acids is 1. The van der Waals surface area contributed by atoms with Crippen molar-refractivity contribution in [3.63, 3.8) is 0 Å². The molecule has 0 aliphatic carbocycles. The summed E-state index contributed by atoms with van der Waals surface area (Å²) in [5.74, 6) is 1.45. The third-order valence-corrected chi connectivity index (χ3v) is 2.03. The summed E-state index contributed by atoms with van der Waals surface area (Å²) in [6, 6.07) is -0.668. The summed E-state index contributed by atoms with van der Waals surface area (Å²) in [7, 11) is 0.